The van der Waals surface area contributed by atoms with Crippen LogP contribution in [0.4, 0.5) is 11.4 Å². The van der Waals surface area contributed by atoms with Crippen LogP contribution in [-0.4, -0.2) is 81.6 Å². The molecule has 0 saturated carbocycles. The number of halogens is 1. The fraction of sp³-hybridized carbons (Fsp3) is 0.414. The van der Waals surface area contributed by atoms with Crippen molar-refractivity contribution in [3.8, 4) is 11.4 Å². The van der Waals surface area contributed by atoms with Gasteiger partial charge in [-0.3, -0.25) is 9.88 Å². The van der Waals surface area contributed by atoms with Crippen molar-refractivity contribution >= 4 is 34.1 Å². The quantitative estimate of drug-likeness (QED) is 0.352. The van der Waals surface area contributed by atoms with Crippen molar-refractivity contribution in [3.05, 3.63) is 65.6 Å². The van der Waals surface area contributed by atoms with Gasteiger partial charge in [-0.15, -0.1) is 0 Å². The maximum absolute atomic E-state index is 6.60. The summed E-state index contributed by atoms with van der Waals surface area (Å²) in [6.07, 6.45) is 7.70. The highest BCUT2D eigenvalue weighted by Crippen LogP contribution is 2.32. The second-order valence-electron chi connectivity index (χ2n) is 10.3. The predicted molar refractivity (Wildman–Crippen MR) is 155 cm³/mol. The molecule has 0 unspecified atom stereocenters. The van der Waals surface area contributed by atoms with Crippen LogP contribution in [-0.2, 0) is 6.54 Å². The summed E-state index contributed by atoms with van der Waals surface area (Å²) in [5.41, 5.74) is 6.03. The molecule has 2 saturated heterocycles. The normalized spacial score (nSPS) is 17.8. The topological polar surface area (TPSA) is 76.2 Å². The smallest absolute Gasteiger partial charge is 0.180 e. The predicted octanol–water partition coefficient (Wildman–Crippen LogP) is 4.89. The third-order valence-electron chi connectivity index (χ3n) is 7.86. The largest absolute Gasteiger partial charge is 0.379 e. The lowest BCUT2D eigenvalue weighted by Crippen LogP contribution is -2.45. The van der Waals surface area contributed by atoms with Gasteiger partial charge in [0, 0.05) is 75.5 Å². The number of imidazole rings is 1. The van der Waals surface area contributed by atoms with Crippen LogP contribution in [0.15, 0.2) is 55.0 Å². The number of pyridine rings is 2. The Balaban J connectivity index is 1.12. The molecule has 0 radical (unpaired) electrons. The average molecular weight is 531 g/mol. The van der Waals surface area contributed by atoms with E-state index in [1.165, 1.54) is 11.3 Å². The number of piperidine rings is 1. The van der Waals surface area contributed by atoms with Crippen LogP contribution in [0.3, 0.4) is 0 Å². The summed E-state index contributed by atoms with van der Waals surface area (Å²) in [5, 5.41) is 4.32. The van der Waals surface area contributed by atoms with Crippen molar-refractivity contribution in [2.75, 3.05) is 56.0 Å². The Morgan fingerprint density at radius 2 is 1.76 bits per heavy atom. The SMILES string of the molecule is CCN1CCC(Nc2c(Cl)cnc3nc(-c4ccc(N5CCN(Cc6cccnc6)CC5)cc4)[nH]c23)CC1. The molecular formula is C29H35ClN8. The molecular weight excluding hydrogens is 496 g/mol. The van der Waals surface area contributed by atoms with Gasteiger partial charge in [0.05, 0.1) is 16.9 Å². The molecule has 2 aliphatic heterocycles. The highest BCUT2D eigenvalue weighted by molar-refractivity contribution is 6.34. The third-order valence-corrected chi connectivity index (χ3v) is 8.15. The van der Waals surface area contributed by atoms with Crippen LogP contribution in [0.25, 0.3) is 22.6 Å². The van der Waals surface area contributed by atoms with Gasteiger partial charge in [0.1, 0.15) is 11.3 Å². The van der Waals surface area contributed by atoms with Crippen molar-refractivity contribution in [1.82, 2.24) is 29.7 Å². The lowest BCUT2D eigenvalue weighted by molar-refractivity contribution is 0.229. The third kappa shape index (κ3) is 5.48. The van der Waals surface area contributed by atoms with E-state index in [1.807, 2.05) is 18.5 Å². The zero-order valence-electron chi connectivity index (χ0n) is 21.9. The highest BCUT2D eigenvalue weighted by Gasteiger charge is 2.22. The zero-order chi connectivity index (χ0) is 25.9. The summed E-state index contributed by atoms with van der Waals surface area (Å²) in [6.45, 7) is 10.6. The molecule has 2 fully saturated rings. The number of likely N-dealkylation sites (tertiary alicyclic amines) is 1. The molecule has 3 aromatic heterocycles. The molecule has 0 aliphatic carbocycles. The van der Waals surface area contributed by atoms with Crippen LogP contribution < -0.4 is 10.2 Å². The van der Waals surface area contributed by atoms with E-state index < -0.39 is 0 Å². The average Bonchev–Trinajstić information content (AvgIpc) is 3.41. The summed E-state index contributed by atoms with van der Waals surface area (Å²) in [5.74, 6) is 0.812. The number of hydrogen-bond acceptors (Lipinski definition) is 7. The van der Waals surface area contributed by atoms with E-state index in [2.05, 4.69) is 72.2 Å². The minimum atomic E-state index is 0.400. The first-order valence-corrected chi connectivity index (χ1v) is 14.0. The lowest BCUT2D eigenvalue weighted by Gasteiger charge is -2.36. The van der Waals surface area contributed by atoms with Crippen LogP contribution in [0.1, 0.15) is 25.3 Å². The van der Waals surface area contributed by atoms with Crippen LogP contribution in [0, 0.1) is 0 Å². The van der Waals surface area contributed by atoms with Crippen molar-refractivity contribution in [1.29, 1.82) is 0 Å². The molecule has 0 atom stereocenters. The van der Waals surface area contributed by atoms with E-state index in [0.717, 1.165) is 87.8 Å². The van der Waals surface area contributed by atoms with Crippen molar-refractivity contribution in [2.45, 2.75) is 32.4 Å². The Morgan fingerprint density at radius 3 is 2.47 bits per heavy atom. The van der Waals surface area contributed by atoms with Crippen LogP contribution >= 0.6 is 11.6 Å². The molecule has 4 aromatic rings. The minimum Gasteiger partial charge on any atom is -0.379 e. The maximum Gasteiger partial charge on any atom is 0.180 e. The van der Waals surface area contributed by atoms with Crippen molar-refractivity contribution < 1.29 is 0 Å². The number of hydrogen-bond donors (Lipinski definition) is 2. The zero-order valence-corrected chi connectivity index (χ0v) is 22.7. The van der Waals surface area contributed by atoms with Gasteiger partial charge in [-0.2, -0.15) is 0 Å². The molecule has 38 heavy (non-hydrogen) atoms. The number of fused-ring (bicyclic) bond motifs is 1. The monoisotopic (exact) mass is 530 g/mol. The van der Waals surface area contributed by atoms with Gasteiger partial charge < -0.3 is 20.1 Å². The Labute approximate surface area is 229 Å². The number of aromatic amines is 1. The number of rotatable bonds is 7. The van der Waals surface area contributed by atoms with Gasteiger partial charge in [0.2, 0.25) is 0 Å². The molecule has 198 valence electrons. The maximum atomic E-state index is 6.60. The minimum absolute atomic E-state index is 0.400. The Morgan fingerprint density at radius 1 is 0.974 bits per heavy atom. The molecule has 2 N–H and O–H groups in total. The van der Waals surface area contributed by atoms with Crippen LogP contribution in [0.2, 0.25) is 5.02 Å². The number of aromatic nitrogens is 4. The summed E-state index contributed by atoms with van der Waals surface area (Å²) >= 11 is 6.60. The van der Waals surface area contributed by atoms with Crippen molar-refractivity contribution in [3.63, 3.8) is 0 Å². The van der Waals surface area contributed by atoms with Gasteiger partial charge >= 0.3 is 0 Å². The summed E-state index contributed by atoms with van der Waals surface area (Å²) in [6, 6.07) is 13.2. The molecule has 9 heteroatoms. The Bertz CT molecular complexity index is 1340. The first kappa shape index (κ1) is 25.1. The van der Waals surface area contributed by atoms with Crippen LogP contribution in [0.5, 0.6) is 0 Å². The van der Waals surface area contributed by atoms with Gasteiger partial charge in [-0.25, -0.2) is 9.97 Å². The molecule has 0 spiro atoms. The van der Waals surface area contributed by atoms with E-state index in [9.17, 15) is 0 Å². The molecule has 5 heterocycles. The van der Waals surface area contributed by atoms with E-state index >= 15 is 0 Å². The number of benzene rings is 1. The van der Waals surface area contributed by atoms with Gasteiger partial charge in [0.15, 0.2) is 5.65 Å². The van der Waals surface area contributed by atoms with Gasteiger partial charge in [0.25, 0.3) is 0 Å². The van der Waals surface area contributed by atoms with Gasteiger partial charge in [-0.05, 0) is 55.3 Å². The Kier molecular flexibility index (Phi) is 7.44. The standard InChI is InChI=1S/C29H35ClN8/c1-2-36-12-9-23(10-13-36)33-26-25(30)19-32-29-27(26)34-28(35-29)22-5-7-24(8-6-22)38-16-14-37(15-17-38)20-21-4-3-11-31-18-21/h3-8,11,18-19,23H,2,9-10,12-17,20H2,1H3,(H2,32,33,34,35). The number of anilines is 2. The molecule has 6 rings (SSSR count). The number of H-pyrrole nitrogens is 1. The number of nitrogens with one attached hydrogen (secondary N) is 2. The summed E-state index contributed by atoms with van der Waals surface area (Å²) in [4.78, 5) is 24.5. The Hall–Kier alpha value is -3.20. The first-order chi connectivity index (χ1) is 18.7. The van der Waals surface area contributed by atoms with Gasteiger partial charge in [-0.1, -0.05) is 24.6 Å². The number of piperazine rings is 1. The number of nitrogens with zero attached hydrogens (tertiary/aromatic N) is 6. The van der Waals surface area contributed by atoms with E-state index in [0.29, 0.717) is 16.7 Å². The van der Waals surface area contributed by atoms with E-state index in [4.69, 9.17) is 16.6 Å². The highest BCUT2D eigenvalue weighted by atomic mass is 35.5. The lowest BCUT2D eigenvalue weighted by atomic mass is 10.0. The fourth-order valence-corrected chi connectivity index (χ4v) is 5.75. The molecule has 0 amide bonds. The first-order valence-electron chi connectivity index (χ1n) is 13.7. The molecule has 1 aromatic carbocycles. The second kappa shape index (κ2) is 11.3. The molecule has 2 aliphatic rings. The van der Waals surface area contributed by atoms with E-state index in [1.54, 1.807) is 6.20 Å². The second-order valence-corrected chi connectivity index (χ2v) is 10.7. The van der Waals surface area contributed by atoms with E-state index in [-0.39, 0.29) is 0 Å². The summed E-state index contributed by atoms with van der Waals surface area (Å²) in [7, 11) is 0. The van der Waals surface area contributed by atoms with Crippen molar-refractivity contribution in [2.24, 2.45) is 0 Å². The molecule has 0 bridgehead atoms. The molecule has 8 nitrogen and oxygen atoms in total. The summed E-state index contributed by atoms with van der Waals surface area (Å²) < 4.78 is 0. The fourth-order valence-electron chi connectivity index (χ4n) is 5.55.